The van der Waals surface area contributed by atoms with Gasteiger partial charge in [-0.2, -0.15) is 0 Å². The van der Waals surface area contributed by atoms with Crippen molar-refractivity contribution >= 4 is 9.52 Å². The Balaban J connectivity index is 2.48. The molecule has 0 saturated carbocycles. The van der Waals surface area contributed by atoms with E-state index in [0.717, 1.165) is 0 Å². The van der Waals surface area contributed by atoms with Crippen molar-refractivity contribution in [1.29, 1.82) is 0 Å². The third-order valence-corrected chi connectivity index (χ3v) is 0.966. The largest absolute Gasteiger partial charge is 0.141 e. The predicted molar refractivity (Wildman–Crippen MR) is 26.5 cm³/mol. The van der Waals surface area contributed by atoms with E-state index in [0.29, 0.717) is 9.52 Å². The van der Waals surface area contributed by atoms with Crippen LogP contribution in [-0.2, 0) is 0 Å². The molecule has 5 heavy (non-hydrogen) atoms. The maximum Gasteiger partial charge on any atom is 0.125 e. The van der Waals surface area contributed by atoms with E-state index in [1.807, 2.05) is 0 Å². The third-order valence-electron chi connectivity index (χ3n) is 0.322. The molecule has 0 heterocycles. The Morgan fingerprint density at radius 2 is 2.60 bits per heavy atom. The quantitative estimate of drug-likeness (QED) is 0.319. The minimum Gasteiger partial charge on any atom is -0.141 e. The lowest BCUT2D eigenvalue weighted by atomic mass is 11.0. The van der Waals surface area contributed by atoms with E-state index in [2.05, 4.69) is 12.5 Å². The van der Waals surface area contributed by atoms with Crippen LogP contribution in [0.5, 0.6) is 0 Å². The fraction of sp³-hybridized carbons (Fsp3) is 0.500. The molecule has 0 rings (SSSR count). The van der Waals surface area contributed by atoms with Crippen LogP contribution in [0.3, 0.4) is 0 Å². The maximum absolute atomic E-state index is 4.93. The van der Waals surface area contributed by atoms with E-state index in [9.17, 15) is 0 Å². The lowest BCUT2D eigenvalue weighted by molar-refractivity contribution is 1.47. The van der Waals surface area contributed by atoms with E-state index >= 15 is 0 Å². The van der Waals surface area contributed by atoms with E-state index in [4.69, 9.17) is 6.42 Å². The molecule has 0 spiro atoms. The van der Waals surface area contributed by atoms with Crippen molar-refractivity contribution in [3.05, 3.63) is 0 Å². The highest BCUT2D eigenvalue weighted by molar-refractivity contribution is 6.45. The van der Waals surface area contributed by atoms with Crippen LogP contribution in [0, 0.1) is 12.0 Å². The van der Waals surface area contributed by atoms with Gasteiger partial charge in [0, 0.05) is 0 Å². The molecule has 0 bridgehead atoms. The summed E-state index contributed by atoms with van der Waals surface area (Å²) in [6, 6.07) is 1.19. The second-order valence-corrected chi connectivity index (χ2v) is 2.34. The van der Waals surface area contributed by atoms with Crippen LogP contribution >= 0.6 is 0 Å². The Hall–Kier alpha value is -0.223. The zero-order chi connectivity index (χ0) is 4.12. The fourth-order valence-corrected chi connectivity index (χ4v) is 0.354. The highest BCUT2D eigenvalue weighted by Gasteiger charge is 1.65. The Bertz CT molecular complexity index is 42.1. The molecule has 0 aliphatic rings. The molecule has 0 aromatic carbocycles. The van der Waals surface area contributed by atoms with Crippen molar-refractivity contribution in [2.75, 3.05) is 0 Å². The fourth-order valence-electron chi connectivity index (χ4n) is 0.118. The Morgan fingerprint density at radius 3 is 2.60 bits per heavy atom. The first-order valence-corrected chi connectivity index (χ1v) is 3.09. The lowest BCUT2D eigenvalue weighted by Gasteiger charge is -1.66. The molecule has 0 nitrogen and oxygen atoms in total. The van der Waals surface area contributed by atoms with Gasteiger partial charge in [0.25, 0.3) is 0 Å². The van der Waals surface area contributed by atoms with Gasteiger partial charge in [0.1, 0.15) is 9.52 Å². The minimum atomic E-state index is 0.343. The molecule has 1 radical (unpaired) electrons. The molecule has 1 heteroatoms. The summed E-state index contributed by atoms with van der Waals surface area (Å²) in [4.78, 5) is 0. The molecule has 0 atom stereocenters. The van der Waals surface area contributed by atoms with Gasteiger partial charge in [-0.1, -0.05) is 13.0 Å². The second kappa shape index (κ2) is 3.78. The number of rotatable bonds is 1. The highest BCUT2D eigenvalue weighted by atomic mass is 28.2. The van der Waals surface area contributed by atoms with Crippen LogP contribution in [0.15, 0.2) is 0 Å². The summed E-state index contributed by atoms with van der Waals surface area (Å²) in [5.74, 6) is 0. The smallest absolute Gasteiger partial charge is 0.125 e. The first kappa shape index (κ1) is 4.78. The molecule has 0 unspecified atom stereocenters. The Morgan fingerprint density at radius 1 is 2.00 bits per heavy atom. The average molecular weight is 83.2 g/mol. The van der Waals surface area contributed by atoms with E-state index < -0.39 is 0 Å². The Labute approximate surface area is 35.4 Å². The summed E-state index contributed by atoms with van der Waals surface area (Å²) in [6.45, 7) is 2.11. The van der Waals surface area contributed by atoms with Gasteiger partial charge in [-0.15, -0.1) is 12.0 Å². The van der Waals surface area contributed by atoms with Crippen molar-refractivity contribution in [2.24, 2.45) is 0 Å². The van der Waals surface area contributed by atoms with Gasteiger partial charge in [0.05, 0.1) is 0 Å². The van der Waals surface area contributed by atoms with Crippen molar-refractivity contribution in [1.82, 2.24) is 0 Å². The second-order valence-electron chi connectivity index (χ2n) is 0.779. The normalized spacial score (nSPS) is 6.40. The summed E-state index contributed by atoms with van der Waals surface area (Å²) in [6.07, 6.45) is 4.93. The summed E-state index contributed by atoms with van der Waals surface area (Å²) in [5.41, 5.74) is 2.60. The molecule has 0 amide bonds. The first-order chi connectivity index (χ1) is 2.41. The third kappa shape index (κ3) is 3.78. The van der Waals surface area contributed by atoms with Crippen LogP contribution in [0.1, 0.15) is 6.92 Å². The number of hydrogen-bond donors (Lipinski definition) is 0. The molecule has 0 saturated heterocycles. The number of terminal acetylenes is 1. The zero-order valence-corrected chi connectivity index (χ0v) is 4.52. The highest BCUT2D eigenvalue weighted by Crippen LogP contribution is 1.64. The van der Waals surface area contributed by atoms with E-state index in [-0.39, 0.29) is 0 Å². The van der Waals surface area contributed by atoms with E-state index in [1.165, 1.54) is 6.04 Å². The summed E-state index contributed by atoms with van der Waals surface area (Å²) in [5, 5.41) is 0. The van der Waals surface area contributed by atoms with Gasteiger partial charge in [-0.25, -0.2) is 0 Å². The van der Waals surface area contributed by atoms with Gasteiger partial charge in [-0.05, 0) is 0 Å². The molecule has 0 aliphatic heterocycles. The lowest BCUT2D eigenvalue weighted by Crippen LogP contribution is -1.73. The molecule has 27 valence electrons. The monoisotopic (exact) mass is 83.0 g/mol. The predicted octanol–water partition coefficient (Wildman–Crippen LogP) is 0.452. The summed E-state index contributed by atoms with van der Waals surface area (Å²) in [7, 11) is 0.343. The van der Waals surface area contributed by atoms with E-state index in [1.54, 1.807) is 0 Å². The van der Waals surface area contributed by atoms with Crippen molar-refractivity contribution in [3.8, 4) is 12.0 Å². The molecule has 0 aromatic rings. The van der Waals surface area contributed by atoms with Crippen molar-refractivity contribution < 1.29 is 0 Å². The number of hydrogen-bond acceptors (Lipinski definition) is 0. The molecule has 0 aliphatic carbocycles. The van der Waals surface area contributed by atoms with Crippen molar-refractivity contribution in [3.63, 3.8) is 0 Å². The maximum atomic E-state index is 4.93. The standard InChI is InChI=1S/C4H7Si/c1-3-5-4-2/h1,5H,4H2,2H3. The summed E-state index contributed by atoms with van der Waals surface area (Å²) >= 11 is 0. The zero-order valence-electron chi connectivity index (χ0n) is 3.36. The average Bonchev–Trinajstić information content (AvgIpc) is 1.41. The molecular weight excluding hydrogens is 76.1 g/mol. The molecule has 0 aromatic heterocycles. The topological polar surface area (TPSA) is 0 Å². The van der Waals surface area contributed by atoms with Crippen LogP contribution in [0.4, 0.5) is 0 Å². The van der Waals surface area contributed by atoms with Gasteiger partial charge in [0.15, 0.2) is 0 Å². The van der Waals surface area contributed by atoms with Crippen LogP contribution < -0.4 is 0 Å². The Kier molecular flexibility index (Phi) is 3.61. The molecule has 0 fully saturated rings. The molecular formula is C4H7Si. The van der Waals surface area contributed by atoms with Gasteiger partial charge >= 0.3 is 0 Å². The van der Waals surface area contributed by atoms with Gasteiger partial charge in [-0.3, -0.25) is 0 Å². The van der Waals surface area contributed by atoms with Gasteiger partial charge < -0.3 is 0 Å². The van der Waals surface area contributed by atoms with Gasteiger partial charge in [0.2, 0.25) is 0 Å². The first-order valence-electron chi connectivity index (χ1n) is 1.69. The van der Waals surface area contributed by atoms with Crippen molar-refractivity contribution in [2.45, 2.75) is 13.0 Å². The molecule has 0 N–H and O–H groups in total. The van der Waals surface area contributed by atoms with Crippen LogP contribution in [-0.4, -0.2) is 9.52 Å². The minimum absolute atomic E-state index is 0.343. The SMILES string of the molecule is C#C[SiH]CC. The summed E-state index contributed by atoms with van der Waals surface area (Å²) < 4.78 is 0. The van der Waals surface area contributed by atoms with Crippen LogP contribution in [0.2, 0.25) is 6.04 Å². The van der Waals surface area contributed by atoms with Crippen LogP contribution in [0.25, 0.3) is 0 Å².